The van der Waals surface area contributed by atoms with Crippen molar-refractivity contribution in [1.82, 2.24) is 0 Å². The van der Waals surface area contributed by atoms with Gasteiger partial charge in [-0.1, -0.05) is 30.2 Å². The second kappa shape index (κ2) is 6.49. The molecule has 4 aliphatic carbocycles. The molecule has 1 N–H and O–H groups in total. The van der Waals surface area contributed by atoms with Gasteiger partial charge in [-0.2, -0.15) is 0 Å². The number of carbonyl (C=O) groups is 3. The quantitative estimate of drug-likeness (QED) is 0.582. The van der Waals surface area contributed by atoms with Crippen LogP contribution in [0.15, 0.2) is 34.9 Å². The normalized spacial score (nSPS) is 40.7. The minimum Gasteiger partial charge on any atom is -0.458 e. The van der Waals surface area contributed by atoms with Gasteiger partial charge in [-0.3, -0.25) is 14.4 Å². The van der Waals surface area contributed by atoms with Gasteiger partial charge in [0.25, 0.3) is 0 Å². The Labute approximate surface area is 171 Å². The Balaban J connectivity index is 1.71. The van der Waals surface area contributed by atoms with Gasteiger partial charge in [-0.25, -0.2) is 0 Å². The predicted octanol–water partition coefficient (Wildman–Crippen LogP) is 3.47. The van der Waals surface area contributed by atoms with Gasteiger partial charge in [0.15, 0.2) is 12.4 Å². The van der Waals surface area contributed by atoms with Crippen LogP contribution >= 0.6 is 0 Å². The average Bonchev–Trinajstić information content (AvgIpc) is 2.94. The van der Waals surface area contributed by atoms with Gasteiger partial charge < -0.3 is 9.84 Å². The van der Waals surface area contributed by atoms with Gasteiger partial charge in [0.1, 0.15) is 5.60 Å². The van der Waals surface area contributed by atoms with E-state index in [9.17, 15) is 19.5 Å². The lowest BCUT2D eigenvalue weighted by Crippen LogP contribution is -2.55. The van der Waals surface area contributed by atoms with Crippen molar-refractivity contribution in [3.05, 3.63) is 34.9 Å². The third-order valence-electron chi connectivity index (χ3n) is 8.30. The number of allylic oxidation sites excluding steroid dienone is 6. The first-order valence-electron chi connectivity index (χ1n) is 10.5. The summed E-state index contributed by atoms with van der Waals surface area (Å²) in [5.74, 6) is -0.334. The van der Waals surface area contributed by atoms with Crippen LogP contribution in [0.4, 0.5) is 0 Å². The lowest BCUT2D eigenvalue weighted by atomic mass is 9.51. The largest absolute Gasteiger partial charge is 0.458 e. The summed E-state index contributed by atoms with van der Waals surface area (Å²) in [5, 5.41) is 11.5. The lowest BCUT2D eigenvalue weighted by molar-refractivity contribution is -0.162. The predicted molar refractivity (Wildman–Crippen MR) is 108 cm³/mol. The van der Waals surface area contributed by atoms with Crippen molar-refractivity contribution in [1.29, 1.82) is 0 Å². The Bertz CT molecular complexity index is 893. The molecule has 0 aromatic carbocycles. The van der Waals surface area contributed by atoms with Crippen molar-refractivity contribution >= 4 is 17.5 Å². The van der Waals surface area contributed by atoms with E-state index >= 15 is 0 Å². The van der Waals surface area contributed by atoms with E-state index in [1.165, 1.54) is 23.6 Å². The fourth-order valence-corrected chi connectivity index (χ4v) is 6.62. The van der Waals surface area contributed by atoms with Crippen molar-refractivity contribution < 1.29 is 24.2 Å². The zero-order valence-corrected chi connectivity index (χ0v) is 17.7. The number of hydrogen-bond acceptors (Lipinski definition) is 5. The molecule has 0 radical (unpaired) electrons. The van der Waals surface area contributed by atoms with Crippen molar-refractivity contribution in [3.8, 4) is 0 Å². The first-order valence-corrected chi connectivity index (χ1v) is 10.5. The molecular formula is C24H30O5. The number of ketones is 2. The third kappa shape index (κ3) is 2.73. The molecule has 0 aromatic rings. The van der Waals surface area contributed by atoms with Crippen molar-refractivity contribution in [2.24, 2.45) is 22.7 Å². The van der Waals surface area contributed by atoms with Gasteiger partial charge in [0.05, 0.1) is 0 Å². The van der Waals surface area contributed by atoms with Crippen LogP contribution in [0.25, 0.3) is 0 Å². The molecule has 2 unspecified atom stereocenters. The van der Waals surface area contributed by atoms with Crippen LogP contribution in [0.3, 0.4) is 0 Å². The average molecular weight is 398 g/mol. The van der Waals surface area contributed by atoms with Crippen molar-refractivity contribution in [2.75, 3.05) is 6.61 Å². The summed E-state index contributed by atoms with van der Waals surface area (Å²) in [5.41, 5.74) is 1.51. The molecule has 4 rings (SSSR count). The maximum atomic E-state index is 12.9. The molecule has 1 fully saturated rings. The smallest absolute Gasteiger partial charge is 0.303 e. The van der Waals surface area contributed by atoms with E-state index in [2.05, 4.69) is 19.9 Å². The van der Waals surface area contributed by atoms with Gasteiger partial charge in [-0.15, -0.1) is 0 Å². The second-order valence-corrected chi connectivity index (χ2v) is 9.74. The van der Waals surface area contributed by atoms with Crippen LogP contribution in [-0.4, -0.2) is 34.9 Å². The SMILES string of the molecule is CC(=O)OCC(=O)[C@@]1(O)CCC2C3CC(C)=C4CC(=O)C=C[C@]4(C)C3=CC[C@@]21C. The summed E-state index contributed by atoms with van der Waals surface area (Å²) in [6, 6.07) is 0. The molecule has 0 saturated heterocycles. The van der Waals surface area contributed by atoms with E-state index in [0.717, 1.165) is 12.8 Å². The molecule has 5 nitrogen and oxygen atoms in total. The summed E-state index contributed by atoms with van der Waals surface area (Å²) in [7, 11) is 0. The maximum absolute atomic E-state index is 12.9. The van der Waals surface area contributed by atoms with E-state index in [-0.39, 0.29) is 29.6 Å². The van der Waals surface area contributed by atoms with Crippen molar-refractivity contribution in [3.63, 3.8) is 0 Å². The number of ether oxygens (including phenoxy) is 1. The van der Waals surface area contributed by atoms with Gasteiger partial charge in [-0.05, 0) is 63.0 Å². The number of carbonyl (C=O) groups excluding carboxylic acids is 3. The molecule has 1 saturated carbocycles. The highest BCUT2D eigenvalue weighted by molar-refractivity contribution is 5.94. The van der Waals surface area contributed by atoms with E-state index in [0.29, 0.717) is 19.3 Å². The molecule has 0 aliphatic heterocycles. The summed E-state index contributed by atoms with van der Waals surface area (Å²) in [6.07, 6.45) is 9.09. The summed E-state index contributed by atoms with van der Waals surface area (Å²) in [6.45, 7) is 7.23. The van der Waals surface area contributed by atoms with Gasteiger partial charge in [0, 0.05) is 24.2 Å². The molecular weight excluding hydrogens is 368 g/mol. The number of esters is 1. The Morgan fingerprint density at radius 3 is 2.72 bits per heavy atom. The first-order chi connectivity index (χ1) is 13.5. The Morgan fingerprint density at radius 1 is 1.31 bits per heavy atom. The van der Waals surface area contributed by atoms with Crippen LogP contribution in [-0.2, 0) is 19.1 Å². The molecule has 0 amide bonds. The van der Waals surface area contributed by atoms with Crippen LogP contribution in [0.1, 0.15) is 59.8 Å². The monoisotopic (exact) mass is 398 g/mol. The zero-order valence-electron chi connectivity index (χ0n) is 17.7. The van der Waals surface area contributed by atoms with E-state index in [4.69, 9.17) is 4.74 Å². The lowest BCUT2D eigenvalue weighted by Gasteiger charge is -2.53. The topological polar surface area (TPSA) is 80.7 Å². The minimum absolute atomic E-state index is 0.155. The van der Waals surface area contributed by atoms with Gasteiger partial charge >= 0.3 is 5.97 Å². The molecule has 0 bridgehead atoms. The Hall–Kier alpha value is -2.01. The molecule has 0 heterocycles. The molecule has 4 aliphatic rings. The standard InChI is InChI=1S/C24H30O5/c1-14-11-17-18(22(3)8-5-16(26)12-20(14)22)6-9-23(4)19(17)7-10-24(23,28)21(27)13-29-15(2)25/h5-6,8,17,19,28H,7,9-13H2,1-4H3/t17?,19?,22-,23+,24+/m1/s1. The fourth-order valence-electron chi connectivity index (χ4n) is 6.62. The molecule has 5 heteroatoms. The summed E-state index contributed by atoms with van der Waals surface area (Å²) < 4.78 is 4.91. The highest BCUT2D eigenvalue weighted by Crippen LogP contribution is 2.65. The van der Waals surface area contributed by atoms with E-state index < -0.39 is 22.8 Å². The second-order valence-electron chi connectivity index (χ2n) is 9.74. The third-order valence-corrected chi connectivity index (χ3v) is 8.30. The number of rotatable bonds is 3. The maximum Gasteiger partial charge on any atom is 0.303 e. The van der Waals surface area contributed by atoms with Crippen LogP contribution in [0.2, 0.25) is 0 Å². The minimum atomic E-state index is -1.48. The first kappa shape index (κ1) is 20.3. The molecule has 29 heavy (non-hydrogen) atoms. The molecule has 0 spiro atoms. The zero-order chi connectivity index (χ0) is 21.2. The highest BCUT2D eigenvalue weighted by Gasteiger charge is 2.64. The van der Waals surface area contributed by atoms with Crippen LogP contribution in [0.5, 0.6) is 0 Å². The van der Waals surface area contributed by atoms with E-state index in [1.807, 2.05) is 13.0 Å². The summed E-state index contributed by atoms with van der Waals surface area (Å²) >= 11 is 0. The number of fused-ring (bicyclic) bond motifs is 5. The summed E-state index contributed by atoms with van der Waals surface area (Å²) in [4.78, 5) is 36.0. The van der Waals surface area contributed by atoms with Crippen molar-refractivity contribution in [2.45, 2.75) is 65.4 Å². The Kier molecular flexibility index (Phi) is 4.54. The Morgan fingerprint density at radius 2 is 2.03 bits per heavy atom. The molecule has 156 valence electrons. The van der Waals surface area contributed by atoms with Crippen LogP contribution < -0.4 is 0 Å². The fraction of sp³-hybridized carbons (Fsp3) is 0.625. The van der Waals surface area contributed by atoms with Gasteiger partial charge in [0.2, 0.25) is 5.78 Å². The number of hydrogen-bond donors (Lipinski definition) is 1. The number of aliphatic hydroxyl groups is 1. The molecule has 5 atom stereocenters. The van der Waals surface area contributed by atoms with Crippen LogP contribution in [0, 0.1) is 22.7 Å². The van der Waals surface area contributed by atoms with E-state index in [1.54, 1.807) is 6.08 Å². The highest BCUT2D eigenvalue weighted by atomic mass is 16.5. The number of Topliss-reactive ketones (excluding diaryl/α,β-unsaturated/α-hetero) is 1. The molecule has 0 aromatic heterocycles.